The molecule has 1 aliphatic heterocycles. The Bertz CT molecular complexity index is 998. The lowest BCUT2D eigenvalue weighted by atomic mass is 10.0. The minimum absolute atomic E-state index is 0.00530. The van der Waals surface area contributed by atoms with Crippen molar-refractivity contribution in [2.24, 2.45) is 0 Å². The van der Waals surface area contributed by atoms with Crippen molar-refractivity contribution in [3.8, 4) is 11.3 Å². The van der Waals surface area contributed by atoms with Gasteiger partial charge in [0.05, 0.1) is 22.8 Å². The smallest absolute Gasteiger partial charge is 0.338 e. The van der Waals surface area contributed by atoms with Gasteiger partial charge < -0.3 is 24.9 Å². The second-order valence-corrected chi connectivity index (χ2v) is 6.81. The summed E-state index contributed by atoms with van der Waals surface area (Å²) in [4.78, 5) is 23.5. The Kier molecular flexibility index (Phi) is 5.71. The van der Waals surface area contributed by atoms with Crippen molar-refractivity contribution < 1.29 is 23.8 Å². The SMILES string of the molecule is CCOC(=O)C1=C(C)NC(=S)N[C@H]1c1ccc(-c2ccc(C(=O)O)c(Cl)c2)o1. The number of carboxylic acids is 1. The first kappa shape index (κ1) is 19.9. The molecular weight excluding hydrogens is 404 g/mol. The number of carbonyl (C=O) groups excluding carboxylic acids is 1. The largest absolute Gasteiger partial charge is 0.478 e. The van der Waals surface area contributed by atoms with E-state index in [4.69, 9.17) is 38.1 Å². The fraction of sp³-hybridized carbons (Fsp3) is 0.211. The molecule has 0 amide bonds. The summed E-state index contributed by atoms with van der Waals surface area (Å²) in [6.07, 6.45) is 0. The number of esters is 1. The van der Waals surface area contributed by atoms with Crippen LogP contribution in [0.3, 0.4) is 0 Å². The van der Waals surface area contributed by atoms with Crippen molar-refractivity contribution in [1.29, 1.82) is 0 Å². The van der Waals surface area contributed by atoms with Crippen LogP contribution in [0.5, 0.6) is 0 Å². The molecule has 3 N–H and O–H groups in total. The first-order valence-electron chi connectivity index (χ1n) is 8.40. The van der Waals surface area contributed by atoms with Crippen molar-refractivity contribution >= 4 is 40.9 Å². The number of ether oxygens (including phenoxy) is 1. The van der Waals surface area contributed by atoms with Crippen LogP contribution in [0.4, 0.5) is 0 Å². The van der Waals surface area contributed by atoms with Crippen molar-refractivity contribution in [3.63, 3.8) is 0 Å². The zero-order valence-electron chi connectivity index (χ0n) is 15.0. The fourth-order valence-corrected chi connectivity index (χ4v) is 3.42. The van der Waals surface area contributed by atoms with Crippen LogP contribution in [0.15, 0.2) is 46.0 Å². The molecule has 7 nitrogen and oxygen atoms in total. The summed E-state index contributed by atoms with van der Waals surface area (Å²) >= 11 is 11.2. The Morgan fingerprint density at radius 3 is 2.71 bits per heavy atom. The second-order valence-electron chi connectivity index (χ2n) is 5.99. The van der Waals surface area contributed by atoms with Gasteiger partial charge in [0.2, 0.25) is 0 Å². The molecule has 1 aromatic heterocycles. The number of allylic oxidation sites excluding steroid dienone is 1. The van der Waals surface area contributed by atoms with Gasteiger partial charge in [-0.05, 0) is 50.3 Å². The van der Waals surface area contributed by atoms with E-state index in [2.05, 4.69) is 10.6 Å². The van der Waals surface area contributed by atoms with Crippen LogP contribution in [0.1, 0.15) is 36.0 Å². The first-order valence-corrected chi connectivity index (χ1v) is 9.18. The molecule has 0 aliphatic carbocycles. The molecule has 0 unspecified atom stereocenters. The third-order valence-corrected chi connectivity index (χ3v) is 4.69. The highest BCUT2D eigenvalue weighted by Crippen LogP contribution is 2.33. The van der Waals surface area contributed by atoms with Crippen molar-refractivity contribution in [3.05, 3.63) is 57.9 Å². The minimum Gasteiger partial charge on any atom is -0.478 e. The van der Waals surface area contributed by atoms with Gasteiger partial charge in [-0.25, -0.2) is 9.59 Å². The minimum atomic E-state index is -1.11. The van der Waals surface area contributed by atoms with Gasteiger partial charge in [0.1, 0.15) is 17.6 Å². The van der Waals surface area contributed by atoms with Gasteiger partial charge in [0.25, 0.3) is 0 Å². The van der Waals surface area contributed by atoms with Crippen LogP contribution in [0.2, 0.25) is 5.02 Å². The van der Waals surface area contributed by atoms with E-state index in [0.29, 0.717) is 33.5 Å². The molecule has 28 heavy (non-hydrogen) atoms. The molecule has 1 atom stereocenters. The van der Waals surface area contributed by atoms with Gasteiger partial charge in [-0.15, -0.1) is 0 Å². The lowest BCUT2D eigenvalue weighted by Crippen LogP contribution is -2.45. The Hall–Kier alpha value is -2.84. The quantitative estimate of drug-likeness (QED) is 0.497. The lowest BCUT2D eigenvalue weighted by Gasteiger charge is -2.28. The van der Waals surface area contributed by atoms with Crippen LogP contribution < -0.4 is 10.6 Å². The first-order chi connectivity index (χ1) is 13.3. The summed E-state index contributed by atoms with van der Waals surface area (Å²) in [5.41, 5.74) is 1.57. The van der Waals surface area contributed by atoms with Gasteiger partial charge in [-0.1, -0.05) is 17.7 Å². The van der Waals surface area contributed by atoms with Crippen LogP contribution >= 0.6 is 23.8 Å². The number of rotatable bonds is 5. The number of hydrogen-bond donors (Lipinski definition) is 3. The number of furan rings is 1. The molecule has 1 aliphatic rings. The zero-order chi connectivity index (χ0) is 20.4. The molecule has 0 saturated heterocycles. The molecule has 2 aromatic rings. The van der Waals surface area contributed by atoms with Gasteiger partial charge >= 0.3 is 11.9 Å². The maximum atomic E-state index is 12.4. The van der Waals surface area contributed by atoms with Crippen LogP contribution in [0.25, 0.3) is 11.3 Å². The van der Waals surface area contributed by atoms with Crippen molar-refractivity contribution in [1.82, 2.24) is 10.6 Å². The van der Waals surface area contributed by atoms with Crippen molar-refractivity contribution in [2.45, 2.75) is 19.9 Å². The third kappa shape index (κ3) is 3.88. The number of benzene rings is 1. The lowest BCUT2D eigenvalue weighted by molar-refractivity contribution is -0.139. The molecule has 1 aromatic carbocycles. The van der Waals surface area contributed by atoms with E-state index in [-0.39, 0.29) is 17.2 Å². The molecule has 146 valence electrons. The summed E-state index contributed by atoms with van der Waals surface area (Å²) < 4.78 is 11.1. The van der Waals surface area contributed by atoms with E-state index in [0.717, 1.165) is 0 Å². The Morgan fingerprint density at radius 2 is 2.07 bits per heavy atom. The molecule has 0 spiro atoms. The molecule has 2 heterocycles. The van der Waals surface area contributed by atoms with Crippen LogP contribution in [-0.4, -0.2) is 28.8 Å². The summed E-state index contributed by atoms with van der Waals surface area (Å²) in [6.45, 7) is 3.71. The highest BCUT2D eigenvalue weighted by molar-refractivity contribution is 7.80. The molecular formula is C19H17ClN2O5S. The molecule has 0 saturated carbocycles. The van der Waals surface area contributed by atoms with Crippen LogP contribution in [-0.2, 0) is 9.53 Å². The molecule has 9 heteroatoms. The maximum Gasteiger partial charge on any atom is 0.338 e. The zero-order valence-corrected chi connectivity index (χ0v) is 16.6. The third-order valence-electron chi connectivity index (χ3n) is 4.16. The number of hydrogen-bond acceptors (Lipinski definition) is 5. The predicted molar refractivity (Wildman–Crippen MR) is 107 cm³/mol. The number of aromatic carboxylic acids is 1. The van der Waals surface area contributed by atoms with E-state index in [1.807, 2.05) is 0 Å². The number of thiocarbonyl (C=S) groups is 1. The van der Waals surface area contributed by atoms with E-state index < -0.39 is 18.0 Å². The van der Waals surface area contributed by atoms with Gasteiger partial charge in [-0.2, -0.15) is 0 Å². The predicted octanol–water partition coefficient (Wildman–Crippen LogP) is 3.65. The molecule has 3 rings (SSSR count). The highest BCUT2D eigenvalue weighted by atomic mass is 35.5. The van der Waals surface area contributed by atoms with Crippen molar-refractivity contribution in [2.75, 3.05) is 6.61 Å². The fourth-order valence-electron chi connectivity index (χ4n) is 2.89. The van der Waals surface area contributed by atoms with Crippen LogP contribution in [0, 0.1) is 0 Å². The number of nitrogens with one attached hydrogen (secondary N) is 2. The summed E-state index contributed by atoms with van der Waals surface area (Å²) in [6, 6.07) is 7.34. The summed E-state index contributed by atoms with van der Waals surface area (Å²) in [5.74, 6) is -0.649. The number of halogens is 1. The van der Waals surface area contributed by atoms with Gasteiger partial charge in [-0.3, -0.25) is 0 Å². The Morgan fingerprint density at radius 1 is 1.32 bits per heavy atom. The molecule has 0 fully saturated rings. The standard InChI is InChI=1S/C19H17ClN2O5S/c1-3-26-18(25)15-9(2)21-19(28)22-16(15)14-7-6-13(27-14)10-4-5-11(17(23)24)12(20)8-10/h4-8,16H,3H2,1-2H3,(H,23,24)(H2,21,22,28)/t16-/m0/s1. The van der Waals surface area contributed by atoms with Gasteiger partial charge in [0, 0.05) is 11.3 Å². The Balaban J connectivity index is 1.97. The number of carbonyl (C=O) groups is 2. The highest BCUT2D eigenvalue weighted by Gasteiger charge is 2.33. The average molecular weight is 421 g/mol. The maximum absolute atomic E-state index is 12.4. The second kappa shape index (κ2) is 8.04. The molecule has 0 radical (unpaired) electrons. The topological polar surface area (TPSA) is 101 Å². The van der Waals surface area contributed by atoms with Gasteiger partial charge in [0.15, 0.2) is 5.11 Å². The summed E-state index contributed by atoms with van der Waals surface area (Å²) in [5, 5.41) is 15.5. The van der Waals surface area contributed by atoms with E-state index in [1.165, 1.54) is 12.1 Å². The summed E-state index contributed by atoms with van der Waals surface area (Å²) in [7, 11) is 0. The molecule has 0 bridgehead atoms. The monoisotopic (exact) mass is 420 g/mol. The van der Waals surface area contributed by atoms with E-state index in [1.54, 1.807) is 32.0 Å². The van der Waals surface area contributed by atoms with E-state index >= 15 is 0 Å². The normalized spacial score (nSPS) is 16.4. The Labute approximate surface area is 171 Å². The number of carboxylic acid groups (broad SMARTS) is 1. The average Bonchev–Trinajstić information content (AvgIpc) is 3.10. The van der Waals surface area contributed by atoms with E-state index in [9.17, 15) is 9.59 Å².